The normalized spacial score (nSPS) is 35.5. The summed E-state index contributed by atoms with van der Waals surface area (Å²) in [6, 6.07) is 12.7. The molecule has 4 aliphatic carbocycles. The van der Waals surface area contributed by atoms with Crippen LogP contribution in [-0.4, -0.2) is 20.6 Å². The summed E-state index contributed by atoms with van der Waals surface area (Å²) in [7, 11) is 0. The Morgan fingerprint density at radius 2 is 1.78 bits per heavy atom. The van der Waals surface area contributed by atoms with Gasteiger partial charge in [0.05, 0.1) is 23.7 Å². The number of rotatable bonds is 4. The van der Waals surface area contributed by atoms with Crippen molar-refractivity contribution in [2.24, 2.45) is 28.6 Å². The van der Waals surface area contributed by atoms with Crippen molar-refractivity contribution in [3.8, 4) is 0 Å². The van der Waals surface area contributed by atoms with Crippen molar-refractivity contribution in [1.82, 2.24) is 14.5 Å². The zero-order valence-electron chi connectivity index (χ0n) is 21.6. The maximum atomic E-state index is 6.39. The van der Waals surface area contributed by atoms with Crippen molar-refractivity contribution in [2.75, 3.05) is 0 Å². The lowest BCUT2D eigenvalue weighted by Gasteiger charge is -2.57. The maximum Gasteiger partial charge on any atom is 0.100 e. The van der Waals surface area contributed by atoms with E-state index in [4.69, 9.17) is 9.72 Å². The first-order chi connectivity index (χ1) is 17.6. The second kappa shape index (κ2) is 8.41. The Morgan fingerprint density at radius 1 is 0.944 bits per heavy atom. The number of hydrogen-bond donors (Lipinski definition) is 0. The van der Waals surface area contributed by atoms with E-state index in [1.54, 1.807) is 5.57 Å². The Bertz CT molecular complexity index is 1340. The van der Waals surface area contributed by atoms with Crippen LogP contribution in [0.15, 0.2) is 72.8 Å². The average molecular weight is 480 g/mol. The van der Waals surface area contributed by atoms with E-state index >= 15 is 0 Å². The molecule has 2 heterocycles. The largest absolute Gasteiger partial charge is 0.373 e. The third-order valence-electron chi connectivity index (χ3n) is 10.5. The van der Waals surface area contributed by atoms with Crippen molar-refractivity contribution in [2.45, 2.75) is 71.5 Å². The lowest BCUT2D eigenvalue weighted by atomic mass is 9.47. The second-order valence-corrected chi connectivity index (χ2v) is 12.2. The molecule has 36 heavy (non-hydrogen) atoms. The van der Waals surface area contributed by atoms with E-state index in [0.29, 0.717) is 18.1 Å². The summed E-state index contributed by atoms with van der Waals surface area (Å²) >= 11 is 0. The van der Waals surface area contributed by atoms with Crippen LogP contribution >= 0.6 is 0 Å². The van der Waals surface area contributed by atoms with Gasteiger partial charge in [0.1, 0.15) is 6.33 Å². The first-order valence-electron chi connectivity index (χ1n) is 13.9. The highest BCUT2D eigenvalue weighted by atomic mass is 16.5. The number of ether oxygens (including phenoxy) is 1. The van der Waals surface area contributed by atoms with Gasteiger partial charge in [-0.15, -0.1) is 0 Å². The van der Waals surface area contributed by atoms with Gasteiger partial charge in [-0.3, -0.25) is 4.98 Å². The Kier molecular flexibility index (Phi) is 5.25. The number of allylic oxidation sites excluding steroid dienone is 3. The molecule has 4 aliphatic rings. The first kappa shape index (κ1) is 22.5. The molecule has 2 aromatic heterocycles. The molecule has 186 valence electrons. The van der Waals surface area contributed by atoms with E-state index in [1.807, 2.05) is 12.4 Å². The smallest absolute Gasteiger partial charge is 0.100 e. The number of hydrogen-bond acceptors (Lipinski definition) is 3. The highest BCUT2D eigenvalue weighted by Crippen LogP contribution is 2.65. The van der Waals surface area contributed by atoms with Gasteiger partial charge >= 0.3 is 0 Å². The molecule has 0 amide bonds. The Balaban J connectivity index is 1.11. The van der Waals surface area contributed by atoms with Gasteiger partial charge in [-0.1, -0.05) is 43.7 Å². The molecule has 4 nitrogen and oxygen atoms in total. The number of fused-ring (bicyclic) bond motifs is 6. The van der Waals surface area contributed by atoms with Crippen LogP contribution in [-0.2, 0) is 11.3 Å². The minimum absolute atomic E-state index is 0.233. The van der Waals surface area contributed by atoms with Crippen LogP contribution in [0, 0.1) is 28.6 Å². The van der Waals surface area contributed by atoms with Gasteiger partial charge < -0.3 is 9.30 Å². The molecule has 0 bridgehead atoms. The predicted octanol–water partition coefficient (Wildman–Crippen LogP) is 7.43. The molecule has 0 N–H and O–H groups in total. The summed E-state index contributed by atoms with van der Waals surface area (Å²) in [5.74, 6) is 2.29. The Labute approximate surface area is 214 Å². The summed E-state index contributed by atoms with van der Waals surface area (Å²) in [5, 5.41) is 0. The topological polar surface area (TPSA) is 39.9 Å². The van der Waals surface area contributed by atoms with Gasteiger partial charge in [-0.2, -0.15) is 0 Å². The highest BCUT2D eigenvalue weighted by molar-refractivity contribution is 5.80. The average Bonchev–Trinajstić information content (AvgIpc) is 3.48. The van der Waals surface area contributed by atoms with E-state index < -0.39 is 0 Å². The number of nitrogens with zero attached hydrogens (tertiary/aromatic N) is 3. The van der Waals surface area contributed by atoms with Crippen molar-refractivity contribution in [3.63, 3.8) is 0 Å². The van der Waals surface area contributed by atoms with Gasteiger partial charge in [0.15, 0.2) is 0 Å². The summed E-state index contributed by atoms with van der Waals surface area (Å²) < 4.78 is 8.78. The zero-order valence-corrected chi connectivity index (χ0v) is 21.6. The maximum absolute atomic E-state index is 6.39. The molecule has 4 heteroatoms. The first-order valence-corrected chi connectivity index (χ1v) is 13.9. The van der Waals surface area contributed by atoms with E-state index in [9.17, 15) is 0 Å². The van der Waals surface area contributed by atoms with Crippen molar-refractivity contribution < 1.29 is 4.74 Å². The molecule has 7 rings (SSSR count). The summed E-state index contributed by atoms with van der Waals surface area (Å²) in [6.45, 7) is 5.83. The molecule has 0 saturated heterocycles. The number of benzene rings is 1. The van der Waals surface area contributed by atoms with Crippen molar-refractivity contribution in [1.29, 1.82) is 0 Å². The zero-order chi connectivity index (χ0) is 24.3. The molecule has 2 saturated carbocycles. The molecule has 2 fully saturated rings. The Morgan fingerprint density at radius 3 is 2.67 bits per heavy atom. The minimum atomic E-state index is 0.233. The Hall–Kier alpha value is -2.72. The monoisotopic (exact) mass is 479 g/mol. The molecule has 3 aromatic rings. The number of aromatic nitrogens is 3. The van der Waals surface area contributed by atoms with Crippen LogP contribution in [0.5, 0.6) is 0 Å². The summed E-state index contributed by atoms with van der Waals surface area (Å²) in [6.07, 6.45) is 19.9. The van der Waals surface area contributed by atoms with Crippen LogP contribution in [0.4, 0.5) is 0 Å². The van der Waals surface area contributed by atoms with Crippen LogP contribution in [0.2, 0.25) is 0 Å². The summed E-state index contributed by atoms with van der Waals surface area (Å²) in [5.41, 5.74) is 7.31. The molecule has 3 unspecified atom stereocenters. The van der Waals surface area contributed by atoms with Crippen LogP contribution in [0.1, 0.15) is 64.4 Å². The lowest BCUT2D eigenvalue weighted by molar-refractivity contribution is -0.0428. The van der Waals surface area contributed by atoms with Crippen molar-refractivity contribution in [3.05, 3.63) is 78.4 Å². The minimum Gasteiger partial charge on any atom is -0.373 e. The van der Waals surface area contributed by atoms with Crippen LogP contribution in [0.25, 0.3) is 16.7 Å². The molecule has 0 aliphatic heterocycles. The van der Waals surface area contributed by atoms with Crippen LogP contribution in [0.3, 0.4) is 0 Å². The second-order valence-electron chi connectivity index (χ2n) is 12.2. The molecule has 0 spiro atoms. The molecule has 0 radical (unpaired) electrons. The van der Waals surface area contributed by atoms with Gasteiger partial charge in [0.2, 0.25) is 0 Å². The van der Waals surface area contributed by atoms with Gasteiger partial charge in [0, 0.05) is 23.5 Å². The quantitative estimate of drug-likeness (QED) is 0.365. The fourth-order valence-electron chi connectivity index (χ4n) is 8.53. The third-order valence-corrected chi connectivity index (χ3v) is 10.5. The van der Waals surface area contributed by atoms with E-state index in [-0.39, 0.29) is 5.41 Å². The number of para-hydroxylation sites is 2. The van der Waals surface area contributed by atoms with Gasteiger partial charge in [-0.25, -0.2) is 4.98 Å². The fourth-order valence-corrected chi connectivity index (χ4v) is 8.53. The predicted molar refractivity (Wildman–Crippen MR) is 144 cm³/mol. The van der Waals surface area contributed by atoms with E-state index in [2.05, 4.69) is 78.3 Å². The van der Waals surface area contributed by atoms with E-state index in [0.717, 1.165) is 29.7 Å². The van der Waals surface area contributed by atoms with Crippen molar-refractivity contribution >= 4 is 16.7 Å². The molecule has 6 atom stereocenters. The molecular weight excluding hydrogens is 442 g/mol. The van der Waals surface area contributed by atoms with Gasteiger partial charge in [-0.05, 0) is 97.9 Å². The highest BCUT2D eigenvalue weighted by Gasteiger charge is 2.57. The molecule has 1 aromatic carbocycles. The SMILES string of the molecule is C[C@]12CC[C@H](OCc3ccncc3)CC1=CCC1C2CC[C@]2(C)C(n3cnc4ccccc43)=CCC12. The van der Waals surface area contributed by atoms with Crippen LogP contribution < -0.4 is 0 Å². The summed E-state index contributed by atoms with van der Waals surface area (Å²) in [4.78, 5) is 8.85. The number of pyridine rings is 1. The fraction of sp³-hybridized carbons (Fsp3) is 0.500. The van der Waals surface area contributed by atoms with E-state index in [1.165, 1.54) is 55.3 Å². The lowest BCUT2D eigenvalue weighted by Crippen LogP contribution is -2.50. The standard InChI is InChI=1S/C32H37N3O/c1-31-15-11-24(36-20-22-13-17-33-18-14-22)19-23(31)7-8-25-26-9-10-30(32(26,2)16-12-27(25)31)35-21-34-28-5-3-4-6-29(28)35/h3-7,10,13-14,17-18,21,24-27H,8-9,11-12,15-16,19-20H2,1-2H3/t24-,25?,26?,27?,31-,32-/m0/s1. The van der Waals surface area contributed by atoms with Gasteiger partial charge in [0.25, 0.3) is 0 Å². The number of imidazole rings is 1. The third kappa shape index (κ3) is 3.37. The molecular formula is C32H37N3O.